The maximum absolute atomic E-state index is 12.5. The lowest BCUT2D eigenvalue weighted by atomic mass is 10.1. The highest BCUT2D eigenvalue weighted by molar-refractivity contribution is 8.04. The van der Waals surface area contributed by atoms with E-state index in [0.29, 0.717) is 23.0 Å². The van der Waals surface area contributed by atoms with Crippen LogP contribution in [0.2, 0.25) is 0 Å². The van der Waals surface area contributed by atoms with E-state index in [9.17, 15) is 14.9 Å². The van der Waals surface area contributed by atoms with Crippen molar-refractivity contribution in [1.29, 1.82) is 0 Å². The van der Waals surface area contributed by atoms with E-state index >= 15 is 0 Å². The number of hydrogen-bond acceptors (Lipinski definition) is 6. The summed E-state index contributed by atoms with van der Waals surface area (Å²) in [5.74, 6) is 0.967. The Morgan fingerprint density at radius 3 is 2.56 bits per heavy atom. The van der Waals surface area contributed by atoms with Crippen molar-refractivity contribution < 1.29 is 19.2 Å². The third-order valence-electron chi connectivity index (χ3n) is 4.69. The molecule has 0 saturated carbocycles. The molecule has 0 unspecified atom stereocenters. The van der Waals surface area contributed by atoms with Crippen LogP contribution in [0.1, 0.15) is 18.1 Å². The van der Waals surface area contributed by atoms with E-state index in [2.05, 4.69) is 5.32 Å². The molecule has 8 heteroatoms. The predicted octanol–water partition coefficient (Wildman–Crippen LogP) is 5.66. The van der Waals surface area contributed by atoms with Crippen LogP contribution in [0.3, 0.4) is 0 Å². The van der Waals surface area contributed by atoms with Gasteiger partial charge in [0.15, 0.2) is 11.5 Å². The maximum atomic E-state index is 12.5. The second-order valence-corrected chi connectivity index (χ2v) is 8.00. The summed E-state index contributed by atoms with van der Waals surface area (Å²) in [6.45, 7) is 2.58. The number of nitro groups is 1. The quantitative estimate of drug-likeness (QED) is 0.285. The standard InChI is InChI=1S/C24H20N2O5S/c1-2-30-21-13-17(14-23-24(27)25-19-5-3-4-6-22(19)32-23)9-12-20(21)31-15-16-7-10-18(11-8-16)26(28)29/h3-14H,2,15H2,1H3,(H,25,27)/b23-14-. The van der Waals surface area contributed by atoms with Crippen LogP contribution in [0.15, 0.2) is 76.5 Å². The van der Waals surface area contributed by atoms with Crippen molar-refractivity contribution in [1.82, 2.24) is 0 Å². The number of non-ortho nitro benzene ring substituents is 1. The van der Waals surface area contributed by atoms with Gasteiger partial charge in [-0.1, -0.05) is 30.0 Å². The third kappa shape index (κ3) is 4.92. The summed E-state index contributed by atoms with van der Waals surface area (Å²) in [6.07, 6.45) is 1.82. The molecule has 162 valence electrons. The molecule has 1 aliphatic heterocycles. The summed E-state index contributed by atoms with van der Waals surface area (Å²) in [7, 11) is 0. The zero-order chi connectivity index (χ0) is 22.5. The van der Waals surface area contributed by atoms with Gasteiger partial charge in [0.1, 0.15) is 6.61 Å². The molecular weight excluding hydrogens is 428 g/mol. The van der Waals surface area contributed by atoms with Crippen molar-refractivity contribution in [3.05, 3.63) is 92.9 Å². The van der Waals surface area contributed by atoms with Gasteiger partial charge in [0, 0.05) is 17.0 Å². The second-order valence-electron chi connectivity index (χ2n) is 6.91. The number of nitrogens with one attached hydrogen (secondary N) is 1. The molecule has 7 nitrogen and oxygen atoms in total. The average Bonchev–Trinajstić information content (AvgIpc) is 2.79. The van der Waals surface area contributed by atoms with Gasteiger partial charge in [-0.15, -0.1) is 0 Å². The number of thioether (sulfide) groups is 1. The highest BCUT2D eigenvalue weighted by Gasteiger charge is 2.20. The van der Waals surface area contributed by atoms with E-state index in [-0.39, 0.29) is 18.2 Å². The molecule has 0 saturated heterocycles. The minimum atomic E-state index is -0.436. The molecule has 0 atom stereocenters. The van der Waals surface area contributed by atoms with Gasteiger partial charge < -0.3 is 14.8 Å². The van der Waals surface area contributed by atoms with E-state index in [1.807, 2.05) is 49.4 Å². The van der Waals surface area contributed by atoms with Crippen LogP contribution >= 0.6 is 11.8 Å². The maximum Gasteiger partial charge on any atom is 0.269 e. The monoisotopic (exact) mass is 448 g/mol. The lowest BCUT2D eigenvalue weighted by Gasteiger charge is -2.18. The number of anilines is 1. The van der Waals surface area contributed by atoms with Crippen molar-refractivity contribution in [2.24, 2.45) is 0 Å². The number of nitro benzene ring substituents is 1. The average molecular weight is 449 g/mol. The number of amides is 1. The first-order valence-corrected chi connectivity index (χ1v) is 10.8. The Morgan fingerprint density at radius 2 is 1.81 bits per heavy atom. The molecule has 0 fully saturated rings. The Bertz CT molecular complexity index is 1190. The van der Waals surface area contributed by atoms with E-state index in [4.69, 9.17) is 9.47 Å². The molecule has 32 heavy (non-hydrogen) atoms. The van der Waals surface area contributed by atoms with Crippen LogP contribution in [0.25, 0.3) is 6.08 Å². The van der Waals surface area contributed by atoms with E-state index in [1.54, 1.807) is 18.2 Å². The molecule has 0 spiro atoms. The van der Waals surface area contributed by atoms with Crippen molar-refractivity contribution in [2.75, 3.05) is 11.9 Å². The minimum Gasteiger partial charge on any atom is -0.490 e. The minimum absolute atomic E-state index is 0.0355. The summed E-state index contributed by atoms with van der Waals surface area (Å²) in [4.78, 5) is 24.4. The highest BCUT2D eigenvalue weighted by Crippen LogP contribution is 2.39. The smallest absolute Gasteiger partial charge is 0.269 e. The second kappa shape index (κ2) is 9.57. The number of para-hydroxylation sites is 1. The van der Waals surface area contributed by atoms with Crippen LogP contribution in [0, 0.1) is 10.1 Å². The largest absolute Gasteiger partial charge is 0.490 e. The molecule has 3 aromatic carbocycles. The van der Waals surface area contributed by atoms with E-state index < -0.39 is 4.92 Å². The van der Waals surface area contributed by atoms with Crippen molar-refractivity contribution in [3.8, 4) is 11.5 Å². The van der Waals surface area contributed by atoms with Gasteiger partial charge >= 0.3 is 0 Å². The molecule has 0 aromatic heterocycles. The molecule has 1 aliphatic rings. The number of carbonyl (C=O) groups excluding carboxylic acids is 1. The summed E-state index contributed by atoms with van der Waals surface area (Å²) in [5.41, 5.74) is 2.46. The van der Waals surface area contributed by atoms with Crippen molar-refractivity contribution >= 4 is 35.1 Å². The Morgan fingerprint density at radius 1 is 1.03 bits per heavy atom. The molecule has 0 radical (unpaired) electrons. The zero-order valence-electron chi connectivity index (χ0n) is 17.2. The summed E-state index contributed by atoms with van der Waals surface area (Å²) < 4.78 is 11.6. The molecule has 1 heterocycles. The van der Waals surface area contributed by atoms with E-state index in [0.717, 1.165) is 21.7 Å². The number of rotatable bonds is 7. The number of hydrogen-bond donors (Lipinski definition) is 1. The van der Waals surface area contributed by atoms with Crippen molar-refractivity contribution in [2.45, 2.75) is 18.4 Å². The first-order valence-electron chi connectivity index (χ1n) is 9.96. The lowest BCUT2D eigenvalue weighted by molar-refractivity contribution is -0.384. The van der Waals surface area contributed by atoms with Crippen LogP contribution in [-0.4, -0.2) is 17.4 Å². The summed E-state index contributed by atoms with van der Waals surface area (Å²) >= 11 is 1.42. The van der Waals surface area contributed by atoms with E-state index in [1.165, 1.54) is 23.9 Å². The zero-order valence-corrected chi connectivity index (χ0v) is 18.1. The fraction of sp³-hybridized carbons (Fsp3) is 0.125. The van der Waals surface area contributed by atoms with Gasteiger partial charge in [0.25, 0.3) is 11.6 Å². The lowest BCUT2D eigenvalue weighted by Crippen LogP contribution is -2.17. The number of carbonyl (C=O) groups is 1. The fourth-order valence-corrected chi connectivity index (χ4v) is 4.08. The van der Waals surface area contributed by atoms with Crippen LogP contribution in [0.4, 0.5) is 11.4 Å². The van der Waals surface area contributed by atoms with Crippen LogP contribution in [-0.2, 0) is 11.4 Å². The Labute approximate surface area is 189 Å². The number of benzene rings is 3. The summed E-state index contributed by atoms with van der Waals surface area (Å²) in [5, 5.41) is 13.7. The molecule has 3 aromatic rings. The van der Waals surface area contributed by atoms with Gasteiger partial charge in [0.05, 0.1) is 22.1 Å². The molecule has 0 aliphatic carbocycles. The first-order chi connectivity index (χ1) is 15.5. The number of nitrogens with zero attached hydrogens (tertiary/aromatic N) is 1. The van der Waals surface area contributed by atoms with Crippen LogP contribution in [0.5, 0.6) is 11.5 Å². The SMILES string of the molecule is CCOc1cc(/C=C2\Sc3ccccc3NC2=O)ccc1OCc1ccc([N+](=O)[O-])cc1. The van der Waals surface area contributed by atoms with Gasteiger partial charge in [-0.05, 0) is 60.5 Å². The highest BCUT2D eigenvalue weighted by atomic mass is 32.2. The Balaban J connectivity index is 1.52. The molecule has 4 rings (SSSR count). The number of fused-ring (bicyclic) bond motifs is 1. The Hall–Kier alpha value is -3.78. The molecule has 0 bridgehead atoms. The first kappa shape index (κ1) is 21.5. The van der Waals surface area contributed by atoms with Gasteiger partial charge in [-0.3, -0.25) is 14.9 Å². The molecule has 1 amide bonds. The normalized spacial score (nSPS) is 13.9. The molecular formula is C24H20N2O5S. The number of ether oxygens (including phenoxy) is 2. The van der Waals surface area contributed by atoms with Crippen molar-refractivity contribution in [3.63, 3.8) is 0 Å². The molecule has 1 N–H and O–H groups in total. The van der Waals surface area contributed by atoms with Gasteiger partial charge in [-0.2, -0.15) is 0 Å². The van der Waals surface area contributed by atoms with Gasteiger partial charge in [0.2, 0.25) is 0 Å². The topological polar surface area (TPSA) is 90.7 Å². The Kier molecular flexibility index (Phi) is 6.42. The van der Waals surface area contributed by atoms with Gasteiger partial charge in [-0.25, -0.2) is 0 Å². The fourth-order valence-electron chi connectivity index (χ4n) is 3.13. The van der Waals surface area contributed by atoms with Crippen LogP contribution < -0.4 is 14.8 Å². The predicted molar refractivity (Wildman–Crippen MR) is 124 cm³/mol. The third-order valence-corrected chi connectivity index (χ3v) is 5.78. The summed E-state index contributed by atoms with van der Waals surface area (Å²) in [6, 6.07) is 19.4.